The van der Waals surface area contributed by atoms with Crippen molar-refractivity contribution in [3.05, 3.63) is 12.4 Å². The van der Waals surface area contributed by atoms with E-state index in [1.807, 2.05) is 6.20 Å². The Morgan fingerprint density at radius 2 is 2.11 bits per heavy atom. The van der Waals surface area contributed by atoms with Gasteiger partial charge in [-0.15, -0.1) is 0 Å². The second kappa shape index (κ2) is 5.95. The van der Waals surface area contributed by atoms with Crippen LogP contribution >= 0.6 is 0 Å². The van der Waals surface area contributed by atoms with Crippen LogP contribution in [0.5, 0.6) is 0 Å². The number of likely N-dealkylation sites (tertiary alicyclic amines) is 1. The van der Waals surface area contributed by atoms with Crippen molar-refractivity contribution < 1.29 is 0 Å². The summed E-state index contributed by atoms with van der Waals surface area (Å²) in [6.45, 7) is 5.79. The SMILES string of the molecule is CCN1CCCC1Cn1ccnc1NC1CCCC1. The number of imidazole rings is 1. The Morgan fingerprint density at radius 1 is 1.26 bits per heavy atom. The number of nitrogens with one attached hydrogen (secondary N) is 1. The summed E-state index contributed by atoms with van der Waals surface area (Å²) < 4.78 is 2.32. The van der Waals surface area contributed by atoms with E-state index in [1.54, 1.807) is 0 Å². The van der Waals surface area contributed by atoms with Gasteiger partial charge in [0.15, 0.2) is 0 Å². The molecule has 2 heterocycles. The molecule has 0 amide bonds. The summed E-state index contributed by atoms with van der Waals surface area (Å²) in [4.78, 5) is 7.10. The fourth-order valence-corrected chi connectivity index (χ4v) is 3.59. The molecule has 3 rings (SSSR count). The van der Waals surface area contributed by atoms with E-state index >= 15 is 0 Å². The largest absolute Gasteiger partial charge is 0.353 e. The van der Waals surface area contributed by atoms with Crippen molar-refractivity contribution >= 4 is 5.95 Å². The van der Waals surface area contributed by atoms with Crippen LogP contribution < -0.4 is 5.32 Å². The third-order valence-corrected chi connectivity index (χ3v) is 4.72. The van der Waals surface area contributed by atoms with Crippen LogP contribution in [0.3, 0.4) is 0 Å². The summed E-state index contributed by atoms with van der Waals surface area (Å²) in [5, 5.41) is 3.63. The minimum absolute atomic E-state index is 0.645. The first-order chi connectivity index (χ1) is 9.36. The molecule has 1 saturated carbocycles. The van der Waals surface area contributed by atoms with Gasteiger partial charge in [0.2, 0.25) is 5.95 Å². The molecule has 0 aromatic carbocycles. The quantitative estimate of drug-likeness (QED) is 0.885. The van der Waals surface area contributed by atoms with Gasteiger partial charge in [-0.05, 0) is 38.8 Å². The third-order valence-electron chi connectivity index (χ3n) is 4.72. The number of hydrogen-bond acceptors (Lipinski definition) is 3. The van der Waals surface area contributed by atoms with Crippen molar-refractivity contribution in [2.75, 3.05) is 18.4 Å². The lowest BCUT2D eigenvalue weighted by molar-refractivity contribution is 0.245. The molecule has 4 nitrogen and oxygen atoms in total. The molecular weight excluding hydrogens is 236 g/mol. The molecule has 1 aliphatic heterocycles. The van der Waals surface area contributed by atoms with Gasteiger partial charge < -0.3 is 9.88 Å². The number of likely N-dealkylation sites (N-methyl/N-ethyl adjacent to an activating group) is 1. The smallest absolute Gasteiger partial charge is 0.203 e. The highest BCUT2D eigenvalue weighted by atomic mass is 15.2. The lowest BCUT2D eigenvalue weighted by atomic mass is 10.2. The number of nitrogens with zero attached hydrogens (tertiary/aromatic N) is 3. The van der Waals surface area contributed by atoms with E-state index in [-0.39, 0.29) is 0 Å². The Hall–Kier alpha value is -1.03. The first-order valence-electron chi connectivity index (χ1n) is 7.88. The van der Waals surface area contributed by atoms with Gasteiger partial charge in [-0.25, -0.2) is 4.98 Å². The van der Waals surface area contributed by atoms with E-state index in [1.165, 1.54) is 51.6 Å². The van der Waals surface area contributed by atoms with Gasteiger partial charge in [0, 0.05) is 31.0 Å². The molecule has 1 unspecified atom stereocenters. The van der Waals surface area contributed by atoms with E-state index in [0.29, 0.717) is 12.1 Å². The van der Waals surface area contributed by atoms with Crippen molar-refractivity contribution in [2.45, 2.75) is 64.1 Å². The van der Waals surface area contributed by atoms with Crippen molar-refractivity contribution in [1.29, 1.82) is 0 Å². The molecule has 106 valence electrons. The first kappa shape index (κ1) is 13.0. The summed E-state index contributed by atoms with van der Waals surface area (Å²) in [6, 6.07) is 1.34. The van der Waals surface area contributed by atoms with Gasteiger partial charge in [-0.1, -0.05) is 19.8 Å². The fourth-order valence-electron chi connectivity index (χ4n) is 3.59. The Morgan fingerprint density at radius 3 is 2.89 bits per heavy atom. The molecule has 2 fully saturated rings. The van der Waals surface area contributed by atoms with Crippen LogP contribution in [0.1, 0.15) is 45.4 Å². The Bertz CT molecular complexity index is 395. The van der Waals surface area contributed by atoms with Crippen molar-refractivity contribution in [1.82, 2.24) is 14.5 Å². The second-order valence-electron chi connectivity index (χ2n) is 5.95. The van der Waals surface area contributed by atoms with Crippen molar-refractivity contribution in [3.63, 3.8) is 0 Å². The van der Waals surface area contributed by atoms with Gasteiger partial charge in [0.1, 0.15) is 0 Å². The molecule has 0 spiro atoms. The van der Waals surface area contributed by atoms with Gasteiger partial charge in [0.05, 0.1) is 0 Å². The van der Waals surface area contributed by atoms with Crippen molar-refractivity contribution in [3.8, 4) is 0 Å². The average Bonchev–Trinajstić information content (AvgIpc) is 3.14. The monoisotopic (exact) mass is 262 g/mol. The van der Waals surface area contributed by atoms with E-state index in [2.05, 4.69) is 32.9 Å². The minimum Gasteiger partial charge on any atom is -0.353 e. The summed E-state index contributed by atoms with van der Waals surface area (Å²) in [5.41, 5.74) is 0. The van der Waals surface area contributed by atoms with Crippen molar-refractivity contribution in [2.24, 2.45) is 0 Å². The number of rotatable bonds is 5. The minimum atomic E-state index is 0.645. The molecule has 19 heavy (non-hydrogen) atoms. The number of hydrogen-bond donors (Lipinski definition) is 1. The highest BCUT2D eigenvalue weighted by Gasteiger charge is 2.24. The highest BCUT2D eigenvalue weighted by Crippen LogP contribution is 2.23. The van der Waals surface area contributed by atoms with Crippen LogP contribution in [-0.2, 0) is 6.54 Å². The highest BCUT2D eigenvalue weighted by molar-refractivity contribution is 5.28. The molecule has 2 aliphatic rings. The van der Waals surface area contributed by atoms with Crippen LogP contribution in [0.2, 0.25) is 0 Å². The summed E-state index contributed by atoms with van der Waals surface area (Å²) >= 11 is 0. The van der Waals surface area contributed by atoms with Gasteiger partial charge >= 0.3 is 0 Å². The molecule has 1 aromatic rings. The van der Waals surface area contributed by atoms with E-state index < -0.39 is 0 Å². The fraction of sp³-hybridized carbons (Fsp3) is 0.800. The maximum Gasteiger partial charge on any atom is 0.203 e. The molecular formula is C15H26N4. The van der Waals surface area contributed by atoms with E-state index in [0.717, 1.165) is 12.5 Å². The average molecular weight is 262 g/mol. The Balaban J connectivity index is 1.62. The molecule has 1 N–H and O–H groups in total. The van der Waals surface area contributed by atoms with Crippen LogP contribution in [0.25, 0.3) is 0 Å². The molecule has 4 heteroatoms. The Labute approximate surface area is 116 Å². The zero-order chi connectivity index (χ0) is 13.1. The maximum absolute atomic E-state index is 4.51. The van der Waals surface area contributed by atoms with E-state index in [4.69, 9.17) is 0 Å². The summed E-state index contributed by atoms with van der Waals surface area (Å²) in [7, 11) is 0. The number of aromatic nitrogens is 2. The topological polar surface area (TPSA) is 33.1 Å². The lowest BCUT2D eigenvalue weighted by Gasteiger charge is -2.24. The lowest BCUT2D eigenvalue weighted by Crippen LogP contribution is -2.33. The number of anilines is 1. The molecule has 0 bridgehead atoms. The van der Waals surface area contributed by atoms with Crippen LogP contribution in [0.4, 0.5) is 5.95 Å². The summed E-state index contributed by atoms with van der Waals surface area (Å²) in [5.74, 6) is 1.08. The zero-order valence-corrected chi connectivity index (χ0v) is 12.0. The predicted octanol–water partition coefficient (Wildman–Crippen LogP) is 2.72. The molecule has 1 aliphatic carbocycles. The molecule has 0 radical (unpaired) electrons. The normalized spacial score (nSPS) is 25.2. The van der Waals surface area contributed by atoms with Crippen LogP contribution in [0.15, 0.2) is 12.4 Å². The Kier molecular flexibility index (Phi) is 4.06. The maximum atomic E-state index is 4.51. The van der Waals surface area contributed by atoms with Gasteiger partial charge in [-0.3, -0.25) is 4.90 Å². The first-order valence-corrected chi connectivity index (χ1v) is 7.88. The third kappa shape index (κ3) is 2.94. The molecule has 1 atom stereocenters. The van der Waals surface area contributed by atoms with Gasteiger partial charge in [-0.2, -0.15) is 0 Å². The van der Waals surface area contributed by atoms with E-state index in [9.17, 15) is 0 Å². The standard InChI is InChI=1S/C15H26N4/c1-2-18-10-5-8-14(18)12-19-11-9-16-15(19)17-13-6-3-4-7-13/h9,11,13-14H,2-8,10,12H2,1H3,(H,16,17). The predicted molar refractivity (Wildman–Crippen MR) is 78.4 cm³/mol. The molecule has 1 aromatic heterocycles. The van der Waals surface area contributed by atoms with Crippen LogP contribution in [0, 0.1) is 0 Å². The second-order valence-corrected chi connectivity index (χ2v) is 5.95. The van der Waals surface area contributed by atoms with Gasteiger partial charge in [0.25, 0.3) is 0 Å². The van der Waals surface area contributed by atoms with Crippen LogP contribution in [-0.4, -0.2) is 39.6 Å². The summed E-state index contributed by atoms with van der Waals surface area (Å²) in [6.07, 6.45) is 12.1. The molecule has 1 saturated heterocycles. The zero-order valence-electron chi connectivity index (χ0n) is 12.0.